The Labute approximate surface area is 151 Å². The average Bonchev–Trinajstić information content (AvgIpc) is 2.61. The number of carbonyl (C=O) groups is 1. The van der Waals surface area contributed by atoms with Gasteiger partial charge in [-0.3, -0.25) is 0 Å². The van der Waals surface area contributed by atoms with Crippen LogP contribution in [0.5, 0.6) is 0 Å². The van der Waals surface area contributed by atoms with Crippen LogP contribution in [0.25, 0.3) is 0 Å². The van der Waals surface area contributed by atoms with Gasteiger partial charge in [0.1, 0.15) is 0 Å². The second kappa shape index (κ2) is 7.71. The number of nitrogens with one attached hydrogen (secondary N) is 1. The molecule has 2 aromatic rings. The van der Waals surface area contributed by atoms with Gasteiger partial charge < -0.3 is 15.1 Å². The fourth-order valence-electron chi connectivity index (χ4n) is 3.01. The molecule has 0 radical (unpaired) electrons. The summed E-state index contributed by atoms with van der Waals surface area (Å²) in [6, 6.07) is 16.4. The van der Waals surface area contributed by atoms with Crippen molar-refractivity contribution < 1.29 is 4.79 Å². The highest BCUT2D eigenvalue weighted by Gasteiger charge is 2.21. The smallest absolute Gasteiger partial charge is 0.317 e. The van der Waals surface area contributed by atoms with Crippen LogP contribution in [0, 0.1) is 6.92 Å². The summed E-state index contributed by atoms with van der Waals surface area (Å²) in [5.74, 6) is 0. The predicted molar refractivity (Wildman–Crippen MR) is 101 cm³/mol. The number of piperazine rings is 1. The molecule has 2 aromatic carbocycles. The fraction of sp³-hybridized carbons (Fsp3) is 0.316. The van der Waals surface area contributed by atoms with E-state index in [0.717, 1.165) is 36.2 Å². The molecule has 0 saturated carbocycles. The summed E-state index contributed by atoms with van der Waals surface area (Å²) in [4.78, 5) is 16.6. The van der Waals surface area contributed by atoms with E-state index in [0.29, 0.717) is 6.54 Å². The quantitative estimate of drug-likeness (QED) is 0.869. The maximum atomic E-state index is 12.3. The molecule has 1 aliphatic heterocycles. The van der Waals surface area contributed by atoms with Gasteiger partial charge in [0, 0.05) is 42.9 Å². The highest BCUT2D eigenvalue weighted by Crippen LogP contribution is 2.24. The zero-order valence-electron chi connectivity index (χ0n) is 13.8. The molecule has 0 unspecified atom stereocenters. The van der Waals surface area contributed by atoms with Crippen molar-refractivity contribution in [3.05, 3.63) is 64.1 Å². The molecule has 1 fully saturated rings. The lowest BCUT2D eigenvalue weighted by Gasteiger charge is -2.36. The van der Waals surface area contributed by atoms with Crippen LogP contribution in [-0.2, 0) is 6.54 Å². The first-order valence-electron chi connectivity index (χ1n) is 8.21. The van der Waals surface area contributed by atoms with Gasteiger partial charge in [-0.1, -0.05) is 46.3 Å². The summed E-state index contributed by atoms with van der Waals surface area (Å²) in [7, 11) is 0. The van der Waals surface area contributed by atoms with Gasteiger partial charge in [-0.2, -0.15) is 0 Å². The molecule has 1 aliphatic rings. The second-order valence-electron chi connectivity index (χ2n) is 6.05. The van der Waals surface area contributed by atoms with Crippen molar-refractivity contribution in [3.63, 3.8) is 0 Å². The molecule has 0 aliphatic carbocycles. The SMILES string of the molecule is Cc1cc(Br)ccc1N1CCN(C(=O)NCc2ccccc2)CC1. The van der Waals surface area contributed by atoms with E-state index in [-0.39, 0.29) is 6.03 Å². The van der Waals surface area contributed by atoms with E-state index in [9.17, 15) is 4.79 Å². The van der Waals surface area contributed by atoms with E-state index in [4.69, 9.17) is 0 Å². The molecular weight excluding hydrogens is 366 g/mol. The summed E-state index contributed by atoms with van der Waals surface area (Å²) in [5, 5.41) is 3.00. The highest BCUT2D eigenvalue weighted by atomic mass is 79.9. The first kappa shape index (κ1) is 16.8. The van der Waals surface area contributed by atoms with Crippen LogP contribution in [0.1, 0.15) is 11.1 Å². The Morgan fingerprint density at radius 3 is 2.46 bits per heavy atom. The number of anilines is 1. The van der Waals surface area contributed by atoms with E-state index in [1.54, 1.807) is 0 Å². The van der Waals surface area contributed by atoms with E-state index >= 15 is 0 Å². The lowest BCUT2D eigenvalue weighted by molar-refractivity contribution is 0.194. The average molecular weight is 388 g/mol. The van der Waals surface area contributed by atoms with E-state index in [1.165, 1.54) is 11.3 Å². The summed E-state index contributed by atoms with van der Waals surface area (Å²) in [6.45, 7) is 5.92. The number of carbonyl (C=O) groups excluding carboxylic acids is 1. The number of hydrogen-bond donors (Lipinski definition) is 1. The van der Waals surface area contributed by atoms with Crippen molar-refractivity contribution in [2.75, 3.05) is 31.1 Å². The summed E-state index contributed by atoms with van der Waals surface area (Å²) >= 11 is 3.51. The van der Waals surface area contributed by atoms with E-state index in [1.807, 2.05) is 35.2 Å². The maximum Gasteiger partial charge on any atom is 0.317 e. The molecule has 0 bridgehead atoms. The van der Waals surface area contributed by atoms with Crippen LogP contribution in [0.2, 0.25) is 0 Å². The fourth-order valence-corrected chi connectivity index (χ4v) is 3.49. The Morgan fingerprint density at radius 2 is 1.79 bits per heavy atom. The van der Waals surface area contributed by atoms with Crippen molar-refractivity contribution in [2.24, 2.45) is 0 Å². The van der Waals surface area contributed by atoms with Crippen LogP contribution in [0.4, 0.5) is 10.5 Å². The van der Waals surface area contributed by atoms with Crippen LogP contribution in [0.15, 0.2) is 53.0 Å². The Bertz CT molecular complexity index is 697. The Kier molecular flexibility index (Phi) is 5.41. The molecule has 3 rings (SSSR count). The standard InChI is InChI=1S/C19H22BrN3O/c1-15-13-17(20)7-8-18(15)22-9-11-23(12-10-22)19(24)21-14-16-5-3-2-4-6-16/h2-8,13H,9-12,14H2,1H3,(H,21,24). The lowest BCUT2D eigenvalue weighted by Crippen LogP contribution is -2.51. The number of hydrogen-bond acceptors (Lipinski definition) is 2. The first-order valence-corrected chi connectivity index (χ1v) is 9.00. The van der Waals surface area contributed by atoms with Gasteiger partial charge in [-0.05, 0) is 36.2 Å². The lowest BCUT2D eigenvalue weighted by atomic mass is 10.1. The zero-order valence-corrected chi connectivity index (χ0v) is 15.4. The zero-order chi connectivity index (χ0) is 16.9. The number of amides is 2. The second-order valence-corrected chi connectivity index (χ2v) is 6.96. The third kappa shape index (κ3) is 4.09. The third-order valence-corrected chi connectivity index (χ3v) is 4.85. The third-order valence-electron chi connectivity index (χ3n) is 4.35. The minimum Gasteiger partial charge on any atom is -0.368 e. The summed E-state index contributed by atoms with van der Waals surface area (Å²) in [6.07, 6.45) is 0. The Balaban J connectivity index is 1.52. The monoisotopic (exact) mass is 387 g/mol. The van der Waals surface area contributed by atoms with Crippen molar-refractivity contribution in [2.45, 2.75) is 13.5 Å². The first-order chi connectivity index (χ1) is 11.6. The number of nitrogens with zero attached hydrogens (tertiary/aromatic N) is 2. The summed E-state index contributed by atoms with van der Waals surface area (Å²) < 4.78 is 1.10. The van der Waals surface area contributed by atoms with Gasteiger partial charge in [0.15, 0.2) is 0 Å². The van der Waals surface area contributed by atoms with Gasteiger partial charge in [0.25, 0.3) is 0 Å². The molecule has 1 heterocycles. The van der Waals surface area contributed by atoms with Crippen molar-refractivity contribution >= 4 is 27.6 Å². The Morgan fingerprint density at radius 1 is 1.08 bits per heavy atom. The van der Waals surface area contributed by atoms with Gasteiger partial charge in [-0.25, -0.2) is 4.79 Å². The minimum absolute atomic E-state index is 0.0195. The molecular formula is C19H22BrN3O. The van der Waals surface area contributed by atoms with Gasteiger partial charge in [0.2, 0.25) is 0 Å². The van der Waals surface area contributed by atoms with Crippen LogP contribution in [0.3, 0.4) is 0 Å². The number of halogens is 1. The molecule has 1 saturated heterocycles. The molecule has 2 amide bonds. The van der Waals surface area contributed by atoms with E-state index < -0.39 is 0 Å². The van der Waals surface area contributed by atoms with Crippen LogP contribution >= 0.6 is 15.9 Å². The molecule has 0 atom stereocenters. The normalized spacial score (nSPS) is 14.6. The van der Waals surface area contributed by atoms with Crippen molar-refractivity contribution in [1.29, 1.82) is 0 Å². The topological polar surface area (TPSA) is 35.6 Å². The van der Waals surface area contributed by atoms with Crippen LogP contribution < -0.4 is 10.2 Å². The minimum atomic E-state index is 0.0195. The molecule has 24 heavy (non-hydrogen) atoms. The predicted octanol–water partition coefficient (Wildman–Crippen LogP) is 3.79. The molecule has 0 aromatic heterocycles. The molecule has 5 heteroatoms. The van der Waals surface area contributed by atoms with Crippen LogP contribution in [-0.4, -0.2) is 37.1 Å². The molecule has 1 N–H and O–H groups in total. The van der Waals surface area contributed by atoms with Crippen molar-refractivity contribution in [3.8, 4) is 0 Å². The van der Waals surface area contributed by atoms with Gasteiger partial charge in [-0.15, -0.1) is 0 Å². The summed E-state index contributed by atoms with van der Waals surface area (Å²) in [5.41, 5.74) is 3.63. The van der Waals surface area contributed by atoms with Gasteiger partial charge >= 0.3 is 6.03 Å². The number of rotatable bonds is 3. The highest BCUT2D eigenvalue weighted by molar-refractivity contribution is 9.10. The molecule has 4 nitrogen and oxygen atoms in total. The maximum absolute atomic E-state index is 12.3. The Hall–Kier alpha value is -2.01. The van der Waals surface area contributed by atoms with Crippen molar-refractivity contribution in [1.82, 2.24) is 10.2 Å². The largest absolute Gasteiger partial charge is 0.368 e. The molecule has 0 spiro atoms. The number of urea groups is 1. The number of aryl methyl sites for hydroxylation is 1. The van der Waals surface area contributed by atoms with Gasteiger partial charge in [0.05, 0.1) is 0 Å². The number of benzene rings is 2. The molecule has 126 valence electrons. The van der Waals surface area contributed by atoms with E-state index in [2.05, 4.69) is 51.3 Å².